The number of carboxylic acids is 3. The second-order valence-electron chi connectivity index (χ2n) is 4.49. The van der Waals surface area contributed by atoms with Crippen molar-refractivity contribution in [2.75, 3.05) is 7.11 Å². The quantitative estimate of drug-likeness (QED) is 0.315. The Balaban J connectivity index is 0. The molecule has 10 nitrogen and oxygen atoms in total. The Morgan fingerprint density at radius 2 is 1.44 bits per heavy atom. The largest absolute Gasteiger partial charge is 0.507 e. The molecule has 1 aromatic rings. The molecule has 1 aromatic carbocycles. The standard InChI is InChI=1S/C8H8O3.C6H8O7.Zn/c1-11-8(10)6-4-2-3-5-7(6)9;7-3(8)1-6(13,5(11)12)2-4(9)10;/h2-5,9H,1H3;13H,1-2H2,(H,7,8)(H,9,10)(H,11,12);. The summed E-state index contributed by atoms with van der Waals surface area (Å²) in [5, 5.41) is 42.9. The first-order valence-corrected chi connectivity index (χ1v) is 6.29. The van der Waals surface area contributed by atoms with Gasteiger partial charge >= 0.3 is 23.9 Å². The number of esters is 1. The molecule has 0 aliphatic rings. The van der Waals surface area contributed by atoms with Crippen molar-refractivity contribution in [3.05, 3.63) is 29.8 Å². The predicted molar refractivity (Wildman–Crippen MR) is 76.5 cm³/mol. The van der Waals surface area contributed by atoms with Crippen molar-refractivity contribution in [2.45, 2.75) is 18.4 Å². The molecule has 25 heavy (non-hydrogen) atoms. The number of carbonyl (C=O) groups is 4. The van der Waals surface area contributed by atoms with E-state index < -0.39 is 42.3 Å². The van der Waals surface area contributed by atoms with Gasteiger partial charge in [0, 0.05) is 19.5 Å². The van der Waals surface area contributed by atoms with Crippen molar-refractivity contribution in [1.29, 1.82) is 0 Å². The molecule has 0 aliphatic heterocycles. The number of hydrogen-bond acceptors (Lipinski definition) is 7. The van der Waals surface area contributed by atoms with E-state index in [0.717, 1.165) is 0 Å². The minimum atomic E-state index is -2.74. The Morgan fingerprint density at radius 1 is 1.00 bits per heavy atom. The maximum atomic E-state index is 10.9. The summed E-state index contributed by atoms with van der Waals surface area (Å²) in [6.45, 7) is 0. The van der Waals surface area contributed by atoms with E-state index in [1.54, 1.807) is 12.1 Å². The third-order valence-electron chi connectivity index (χ3n) is 2.59. The van der Waals surface area contributed by atoms with Crippen LogP contribution in [0.5, 0.6) is 5.75 Å². The van der Waals surface area contributed by atoms with Crippen LogP contribution in [0, 0.1) is 0 Å². The van der Waals surface area contributed by atoms with Gasteiger partial charge in [-0.1, -0.05) is 12.1 Å². The van der Waals surface area contributed by atoms with Gasteiger partial charge in [0.25, 0.3) is 0 Å². The summed E-state index contributed by atoms with van der Waals surface area (Å²) in [7, 11) is 1.27. The van der Waals surface area contributed by atoms with Crippen LogP contribution in [0.2, 0.25) is 0 Å². The number of ether oxygens (including phenoxy) is 1. The Kier molecular flexibility index (Phi) is 11.0. The van der Waals surface area contributed by atoms with Crippen LogP contribution >= 0.6 is 0 Å². The molecule has 11 heteroatoms. The van der Waals surface area contributed by atoms with Crippen molar-refractivity contribution < 1.29 is 68.9 Å². The van der Waals surface area contributed by atoms with Gasteiger partial charge in [-0.2, -0.15) is 0 Å². The maximum Gasteiger partial charge on any atom is 0.341 e. The Hall–Kier alpha value is -2.52. The zero-order valence-electron chi connectivity index (χ0n) is 13.2. The van der Waals surface area contributed by atoms with Crippen molar-refractivity contribution in [3.8, 4) is 5.75 Å². The van der Waals surface area contributed by atoms with Gasteiger partial charge in [0.2, 0.25) is 0 Å². The first-order valence-electron chi connectivity index (χ1n) is 6.29. The van der Waals surface area contributed by atoms with Crippen LogP contribution in [0.4, 0.5) is 0 Å². The van der Waals surface area contributed by atoms with Crippen LogP contribution in [0.1, 0.15) is 23.2 Å². The molecule has 0 saturated carbocycles. The predicted octanol–water partition coefficient (Wildman–Crippen LogP) is -0.0722. The van der Waals surface area contributed by atoms with Gasteiger partial charge in [-0.25, -0.2) is 9.59 Å². The van der Waals surface area contributed by atoms with E-state index in [4.69, 9.17) is 25.5 Å². The zero-order valence-corrected chi connectivity index (χ0v) is 16.2. The van der Waals surface area contributed by atoms with Gasteiger partial charge < -0.3 is 30.3 Å². The van der Waals surface area contributed by atoms with Crippen molar-refractivity contribution in [1.82, 2.24) is 0 Å². The average Bonchev–Trinajstić information content (AvgIpc) is 2.45. The van der Waals surface area contributed by atoms with Crippen LogP contribution < -0.4 is 0 Å². The van der Waals surface area contributed by atoms with Gasteiger partial charge in [-0.3, -0.25) is 9.59 Å². The van der Waals surface area contributed by atoms with E-state index in [1.165, 1.54) is 19.2 Å². The normalized spacial score (nSPS) is 9.68. The fourth-order valence-electron chi connectivity index (χ4n) is 1.47. The van der Waals surface area contributed by atoms with E-state index in [2.05, 4.69) is 4.74 Å². The molecular weight excluding hydrogens is 394 g/mol. The number of aliphatic hydroxyl groups is 1. The van der Waals surface area contributed by atoms with Gasteiger partial charge in [0.05, 0.1) is 20.0 Å². The summed E-state index contributed by atoms with van der Waals surface area (Å²) < 4.78 is 4.42. The molecule has 0 saturated heterocycles. The first kappa shape index (κ1) is 24.7. The summed E-state index contributed by atoms with van der Waals surface area (Å²) in [6, 6.07) is 6.24. The summed E-state index contributed by atoms with van der Waals surface area (Å²) >= 11 is 0. The summed E-state index contributed by atoms with van der Waals surface area (Å²) in [5.41, 5.74) is -2.55. The van der Waals surface area contributed by atoms with Crippen LogP contribution in [0.15, 0.2) is 24.3 Å². The van der Waals surface area contributed by atoms with Crippen molar-refractivity contribution in [2.24, 2.45) is 0 Å². The summed E-state index contributed by atoms with van der Waals surface area (Å²) in [5.74, 6) is -5.60. The number of phenols is 1. The van der Waals surface area contributed by atoms with Crippen molar-refractivity contribution >= 4 is 23.9 Å². The van der Waals surface area contributed by atoms with Gasteiger partial charge in [0.15, 0.2) is 5.60 Å². The Bertz CT molecular complexity index is 612. The number of carbonyl (C=O) groups excluding carboxylic acids is 1. The van der Waals surface area contributed by atoms with Gasteiger partial charge in [0.1, 0.15) is 11.3 Å². The average molecular weight is 410 g/mol. The number of methoxy groups -OCH3 is 1. The fourth-order valence-corrected chi connectivity index (χ4v) is 1.47. The monoisotopic (exact) mass is 408 g/mol. The van der Waals surface area contributed by atoms with Crippen LogP contribution in [-0.2, 0) is 38.6 Å². The molecule has 5 N–H and O–H groups in total. The SMILES string of the molecule is COC(=O)c1ccccc1O.O=C(O)CC(O)(CC(=O)O)C(=O)O.[Zn]. The van der Waals surface area contributed by atoms with Gasteiger partial charge in [-0.15, -0.1) is 0 Å². The Labute approximate surface area is 154 Å². The van der Waals surface area contributed by atoms with Crippen LogP contribution in [0.3, 0.4) is 0 Å². The fraction of sp³-hybridized carbons (Fsp3) is 0.286. The maximum absolute atomic E-state index is 10.9. The third kappa shape index (κ3) is 8.78. The molecule has 1 rings (SSSR count). The van der Waals surface area contributed by atoms with E-state index in [9.17, 15) is 19.2 Å². The third-order valence-corrected chi connectivity index (χ3v) is 2.59. The molecule has 0 spiro atoms. The van der Waals surface area contributed by atoms with Crippen LogP contribution in [0.25, 0.3) is 0 Å². The minimum Gasteiger partial charge on any atom is -0.507 e. The van der Waals surface area contributed by atoms with Gasteiger partial charge in [-0.05, 0) is 12.1 Å². The summed E-state index contributed by atoms with van der Waals surface area (Å²) in [6.07, 6.45) is -2.29. The number of aromatic hydroxyl groups is 1. The topological polar surface area (TPSA) is 179 Å². The minimum absolute atomic E-state index is 0. The van der Waals surface area contributed by atoms with E-state index in [1.807, 2.05) is 0 Å². The second-order valence-corrected chi connectivity index (χ2v) is 4.49. The zero-order chi connectivity index (χ0) is 18.9. The first-order chi connectivity index (χ1) is 11.0. The molecule has 0 amide bonds. The molecule has 0 atom stereocenters. The Morgan fingerprint density at radius 3 is 1.76 bits per heavy atom. The molecule has 0 unspecified atom stereocenters. The molecule has 0 aromatic heterocycles. The van der Waals surface area contributed by atoms with Crippen LogP contribution in [-0.4, -0.2) is 62.1 Å². The number of benzene rings is 1. The number of rotatable bonds is 6. The molecule has 0 radical (unpaired) electrons. The molecular formula is C14H16O10Zn. The molecule has 0 fully saturated rings. The summed E-state index contributed by atoms with van der Waals surface area (Å²) in [4.78, 5) is 41.3. The van der Waals surface area contributed by atoms with E-state index in [-0.39, 0.29) is 30.8 Å². The smallest absolute Gasteiger partial charge is 0.341 e. The second kappa shape index (κ2) is 11.1. The molecule has 0 heterocycles. The molecule has 134 valence electrons. The number of para-hydroxylation sites is 1. The number of carboxylic acid groups (broad SMARTS) is 3. The van der Waals surface area contributed by atoms with E-state index >= 15 is 0 Å². The number of aliphatic carboxylic acids is 3. The van der Waals surface area contributed by atoms with E-state index in [0.29, 0.717) is 0 Å². The number of phenolic OH excluding ortho intramolecular Hbond substituents is 1. The van der Waals surface area contributed by atoms with Crippen molar-refractivity contribution in [3.63, 3.8) is 0 Å². The molecule has 0 bridgehead atoms. The number of hydrogen-bond donors (Lipinski definition) is 5. The molecule has 0 aliphatic carbocycles.